The molecule has 0 atom stereocenters. The van der Waals surface area contributed by atoms with E-state index in [4.69, 9.17) is 33.7 Å². The second-order valence-electron chi connectivity index (χ2n) is 8.23. The van der Waals surface area contributed by atoms with Crippen molar-refractivity contribution in [2.75, 3.05) is 23.0 Å². The van der Waals surface area contributed by atoms with Gasteiger partial charge in [-0.2, -0.15) is 10.4 Å². The highest BCUT2D eigenvalue weighted by Gasteiger charge is 2.65. The number of esters is 1. The van der Waals surface area contributed by atoms with Crippen molar-refractivity contribution in [1.29, 1.82) is 5.26 Å². The lowest BCUT2D eigenvalue weighted by atomic mass is 9.98. The summed E-state index contributed by atoms with van der Waals surface area (Å²) in [5.41, 5.74) is 2.99. The van der Waals surface area contributed by atoms with Crippen LogP contribution in [0.4, 0.5) is 30.9 Å². The molecular weight excluding hydrogens is 568 g/mol. The molecule has 2 aromatic rings. The van der Waals surface area contributed by atoms with Crippen LogP contribution in [0.15, 0.2) is 17.0 Å². The van der Waals surface area contributed by atoms with Gasteiger partial charge in [0.2, 0.25) is 10.0 Å². The second-order valence-corrected chi connectivity index (χ2v) is 13.4. The van der Waals surface area contributed by atoms with Crippen molar-refractivity contribution in [2.24, 2.45) is 5.41 Å². The number of nitrogens with zero attached hydrogens (tertiary/aromatic N) is 4. The molecule has 2 N–H and O–H groups in total. The van der Waals surface area contributed by atoms with E-state index in [1.54, 1.807) is 6.07 Å². The Morgan fingerprint density at radius 3 is 2.09 bits per heavy atom. The summed E-state index contributed by atoms with van der Waals surface area (Å²) in [6.45, 7) is 3.54. The highest BCUT2D eigenvalue weighted by atomic mass is 35.5. The van der Waals surface area contributed by atoms with Crippen molar-refractivity contribution in [2.45, 2.75) is 25.7 Å². The molecule has 0 saturated heterocycles. The zero-order valence-corrected chi connectivity index (χ0v) is 21.5. The molecule has 1 aromatic carbocycles. The van der Waals surface area contributed by atoms with Crippen molar-refractivity contribution >= 4 is 60.9 Å². The molecule has 0 amide bonds. The average molecular weight is 586 g/mol. The third-order valence-corrected chi connectivity index (χ3v) is 7.02. The Morgan fingerprint density at radius 1 is 1.23 bits per heavy atom. The number of benzene rings is 1. The molecule has 9 nitrogen and oxygen atoms in total. The fourth-order valence-corrected chi connectivity index (χ4v) is 4.76. The zero-order valence-electron chi connectivity index (χ0n) is 18.3. The van der Waals surface area contributed by atoms with Gasteiger partial charge in [0, 0.05) is 0 Å². The van der Waals surface area contributed by atoms with Gasteiger partial charge in [-0.3, -0.25) is 4.79 Å². The van der Waals surface area contributed by atoms with Gasteiger partial charge in [-0.05, 0) is 32.9 Å². The van der Waals surface area contributed by atoms with Crippen LogP contribution in [-0.4, -0.2) is 37.2 Å². The third kappa shape index (κ3) is 6.21. The van der Waals surface area contributed by atoms with Crippen LogP contribution in [0.1, 0.15) is 26.5 Å². The summed E-state index contributed by atoms with van der Waals surface area (Å²) in [5, 5.41) is 11.2. The number of aromatic nitrogens is 2. The fourth-order valence-electron chi connectivity index (χ4n) is 2.54. The smallest absolute Gasteiger partial charge is 0.312 e. The summed E-state index contributed by atoms with van der Waals surface area (Å²) in [5.74, 6) is -1.49. The Bertz CT molecular complexity index is 1340. The molecule has 0 radical (unpaired) electrons. The van der Waals surface area contributed by atoms with Gasteiger partial charge in [0.1, 0.15) is 22.3 Å². The fraction of sp³-hybridized carbons (Fsp3) is 0.353. The van der Waals surface area contributed by atoms with Crippen LogP contribution in [0.5, 0.6) is 0 Å². The standard InChI is InChI=1S/C17H18Cl2F5N5O4S2/c1-17(2,3)16(30)33-8-28(34(4,31)32)14-12(7-25)27-29(15(14)26)13-10(18)5-9(6-11(13)19)35(20,21,22,23)24/h5-6H,8,26H2,1-4H3. The van der Waals surface area contributed by atoms with E-state index >= 15 is 0 Å². The number of nitrogens with two attached hydrogens (primary N) is 1. The number of anilines is 2. The first-order chi connectivity index (χ1) is 15.4. The van der Waals surface area contributed by atoms with Crippen LogP contribution in [0.25, 0.3) is 5.69 Å². The molecule has 0 aliphatic carbocycles. The molecule has 0 bridgehead atoms. The average Bonchev–Trinajstić information content (AvgIpc) is 2.94. The summed E-state index contributed by atoms with van der Waals surface area (Å²) in [6, 6.07) is 1.34. The number of carbonyl (C=O) groups is 1. The Hall–Kier alpha value is -2.48. The summed E-state index contributed by atoms with van der Waals surface area (Å²) in [7, 11) is -14.4. The minimum atomic E-state index is -10.2. The van der Waals surface area contributed by atoms with Gasteiger partial charge in [0.25, 0.3) is 0 Å². The van der Waals surface area contributed by atoms with Crippen molar-refractivity contribution < 1.29 is 37.4 Å². The van der Waals surface area contributed by atoms with Gasteiger partial charge in [-0.1, -0.05) is 42.6 Å². The summed E-state index contributed by atoms with van der Waals surface area (Å²) in [6.07, 6.45) is 0.694. The second kappa shape index (κ2) is 8.02. The predicted molar refractivity (Wildman–Crippen MR) is 122 cm³/mol. The van der Waals surface area contributed by atoms with E-state index in [2.05, 4.69) is 5.10 Å². The van der Waals surface area contributed by atoms with Crippen molar-refractivity contribution in [3.8, 4) is 11.8 Å². The monoisotopic (exact) mass is 585 g/mol. The number of ether oxygens (including phenoxy) is 1. The van der Waals surface area contributed by atoms with Gasteiger partial charge in [-0.15, -0.1) is 0 Å². The molecule has 0 fully saturated rings. The number of sulfonamides is 1. The number of nitrogen functional groups attached to an aromatic ring is 1. The maximum atomic E-state index is 13.2. The van der Waals surface area contributed by atoms with Crippen LogP contribution < -0.4 is 10.0 Å². The van der Waals surface area contributed by atoms with Gasteiger partial charge in [-0.25, -0.2) is 17.4 Å². The van der Waals surface area contributed by atoms with Crippen LogP contribution in [0.2, 0.25) is 10.0 Å². The number of halogens is 7. The predicted octanol–water partition coefficient (Wildman–Crippen LogP) is 5.60. The molecule has 35 heavy (non-hydrogen) atoms. The molecule has 1 heterocycles. The highest BCUT2D eigenvalue weighted by molar-refractivity contribution is 8.45. The molecule has 1 aromatic heterocycles. The number of carbonyl (C=O) groups excluding carboxylic acids is 1. The molecule has 0 unspecified atom stereocenters. The quantitative estimate of drug-likeness (QED) is 0.265. The van der Waals surface area contributed by atoms with Gasteiger partial charge >= 0.3 is 16.2 Å². The van der Waals surface area contributed by atoms with E-state index in [-0.39, 0.29) is 12.1 Å². The first-order valence-electron chi connectivity index (χ1n) is 9.05. The first-order valence-corrected chi connectivity index (χ1v) is 13.6. The maximum absolute atomic E-state index is 13.2. The van der Waals surface area contributed by atoms with Crippen molar-refractivity contribution in [1.82, 2.24) is 9.78 Å². The Kier molecular flexibility index (Phi) is 6.59. The van der Waals surface area contributed by atoms with E-state index in [0.717, 1.165) is 0 Å². The van der Waals surface area contributed by atoms with Crippen molar-refractivity contribution in [3.05, 3.63) is 27.9 Å². The third-order valence-electron chi connectivity index (χ3n) is 4.22. The minimum absolute atomic E-state index is 0.101. The Morgan fingerprint density at radius 2 is 1.71 bits per heavy atom. The van der Waals surface area contributed by atoms with E-state index in [0.29, 0.717) is 15.2 Å². The molecule has 2 rings (SSSR count). The lowest BCUT2D eigenvalue weighted by Gasteiger charge is -2.40. The Balaban J connectivity index is 2.73. The molecule has 18 heteroatoms. The molecule has 0 spiro atoms. The number of hydrogen-bond acceptors (Lipinski definition) is 7. The van der Waals surface area contributed by atoms with Gasteiger partial charge in [0.15, 0.2) is 18.2 Å². The lowest BCUT2D eigenvalue weighted by molar-refractivity contribution is -0.152. The zero-order chi connectivity index (χ0) is 27.4. The van der Waals surface area contributed by atoms with Crippen molar-refractivity contribution in [3.63, 3.8) is 0 Å². The number of rotatable bonds is 6. The SMILES string of the molecule is CC(C)(C)C(=O)OCN(c1c(C#N)nn(-c2c(Cl)cc(S(F)(F)(F)(F)F)cc2Cl)c1N)S(C)(=O)=O. The largest absolute Gasteiger partial charge is 0.443 e. The Labute approximate surface area is 206 Å². The van der Waals surface area contributed by atoms with Gasteiger partial charge < -0.3 is 10.5 Å². The molecular formula is C17H18Cl2F5N5O4S2. The van der Waals surface area contributed by atoms with E-state index in [1.165, 1.54) is 20.8 Å². The first kappa shape index (κ1) is 28.8. The molecule has 0 aliphatic rings. The lowest BCUT2D eigenvalue weighted by Crippen LogP contribution is -2.36. The molecule has 0 aliphatic heterocycles. The van der Waals surface area contributed by atoms with Crippen LogP contribution in [-0.2, 0) is 19.6 Å². The molecule has 0 saturated carbocycles. The van der Waals surface area contributed by atoms with E-state index in [1.807, 2.05) is 0 Å². The van der Waals surface area contributed by atoms with Gasteiger partial charge in [0.05, 0.1) is 21.7 Å². The maximum Gasteiger partial charge on any atom is 0.312 e. The summed E-state index contributed by atoms with van der Waals surface area (Å²) < 4.78 is 96.7. The van der Waals surface area contributed by atoms with Crippen LogP contribution in [0.3, 0.4) is 0 Å². The number of hydrogen-bond donors (Lipinski definition) is 1. The highest BCUT2D eigenvalue weighted by Crippen LogP contribution is 3.02. The summed E-state index contributed by atoms with van der Waals surface area (Å²) >= 11 is 11.6. The minimum Gasteiger partial charge on any atom is -0.443 e. The van der Waals surface area contributed by atoms with E-state index in [9.17, 15) is 37.9 Å². The topological polar surface area (TPSA) is 131 Å². The van der Waals surface area contributed by atoms with Crippen LogP contribution >= 0.6 is 33.4 Å². The van der Waals surface area contributed by atoms with Crippen LogP contribution in [0, 0.1) is 16.7 Å². The normalized spacial score (nSPS) is 14.6. The molecule has 196 valence electrons. The van der Waals surface area contributed by atoms with E-state index < -0.39 is 76.2 Å². The summed E-state index contributed by atoms with van der Waals surface area (Å²) in [4.78, 5) is 9.71. The number of nitriles is 1.